The van der Waals surface area contributed by atoms with E-state index in [4.69, 9.17) is 9.47 Å². The molecule has 0 aromatic heterocycles. The number of benzene rings is 1. The lowest BCUT2D eigenvalue weighted by Gasteiger charge is -2.27. The van der Waals surface area contributed by atoms with Crippen molar-refractivity contribution >= 4 is 0 Å². The summed E-state index contributed by atoms with van der Waals surface area (Å²) in [5, 5.41) is 10.8. The molecule has 0 spiro atoms. The van der Waals surface area contributed by atoms with E-state index < -0.39 is 6.10 Å². The van der Waals surface area contributed by atoms with Crippen molar-refractivity contribution in [1.82, 2.24) is 0 Å². The average Bonchev–Trinajstić information content (AvgIpc) is 2.46. The Balaban J connectivity index is 2.22. The Labute approximate surface area is 128 Å². The minimum atomic E-state index is -0.400. The molecule has 3 heteroatoms. The highest BCUT2D eigenvalue weighted by Gasteiger charge is 2.24. The number of rotatable bonds is 4. The van der Waals surface area contributed by atoms with Crippen molar-refractivity contribution in [2.45, 2.75) is 58.0 Å². The van der Waals surface area contributed by atoms with Crippen LogP contribution in [0.3, 0.4) is 0 Å². The van der Waals surface area contributed by atoms with Crippen molar-refractivity contribution in [2.24, 2.45) is 5.92 Å². The van der Waals surface area contributed by atoms with Gasteiger partial charge in [-0.2, -0.15) is 0 Å². The number of aliphatic hydroxyl groups excluding tert-OH is 1. The topological polar surface area (TPSA) is 38.7 Å². The lowest BCUT2D eigenvalue weighted by Crippen LogP contribution is -2.15. The molecule has 1 aliphatic rings. The van der Waals surface area contributed by atoms with E-state index in [1.165, 1.54) is 32.1 Å². The summed E-state index contributed by atoms with van der Waals surface area (Å²) in [6, 6.07) is 3.90. The van der Waals surface area contributed by atoms with E-state index in [2.05, 4.69) is 0 Å². The van der Waals surface area contributed by atoms with Gasteiger partial charge in [-0.25, -0.2) is 0 Å². The molecule has 1 aromatic carbocycles. The first-order chi connectivity index (χ1) is 10.2. The molecule has 0 amide bonds. The van der Waals surface area contributed by atoms with Crippen molar-refractivity contribution in [1.29, 1.82) is 0 Å². The third kappa shape index (κ3) is 3.91. The number of hydrogen-bond acceptors (Lipinski definition) is 3. The highest BCUT2D eigenvalue weighted by atomic mass is 16.5. The zero-order valence-electron chi connectivity index (χ0n) is 13.5. The summed E-state index contributed by atoms with van der Waals surface area (Å²) in [4.78, 5) is 0. The second-order valence-electron chi connectivity index (χ2n) is 6.11. The van der Waals surface area contributed by atoms with Crippen LogP contribution < -0.4 is 9.47 Å². The van der Waals surface area contributed by atoms with E-state index in [-0.39, 0.29) is 0 Å². The Morgan fingerprint density at radius 2 is 1.48 bits per heavy atom. The van der Waals surface area contributed by atoms with Gasteiger partial charge in [-0.1, -0.05) is 32.1 Å². The van der Waals surface area contributed by atoms with Crippen LogP contribution in [0.4, 0.5) is 0 Å². The highest BCUT2D eigenvalue weighted by molar-refractivity contribution is 5.47. The first-order valence-electron chi connectivity index (χ1n) is 8.08. The van der Waals surface area contributed by atoms with Crippen LogP contribution in [0, 0.1) is 12.8 Å². The van der Waals surface area contributed by atoms with Crippen molar-refractivity contribution in [2.75, 3.05) is 14.2 Å². The molecule has 0 radical (unpaired) electrons. The number of methoxy groups -OCH3 is 2. The minimum Gasteiger partial charge on any atom is -0.493 e. The predicted molar refractivity (Wildman–Crippen MR) is 85.1 cm³/mol. The van der Waals surface area contributed by atoms with Crippen LogP contribution in [-0.2, 0) is 0 Å². The van der Waals surface area contributed by atoms with E-state index in [1.807, 2.05) is 19.1 Å². The van der Waals surface area contributed by atoms with Crippen LogP contribution in [0.25, 0.3) is 0 Å². The Morgan fingerprint density at radius 3 is 2.05 bits per heavy atom. The predicted octanol–water partition coefficient (Wildman–Crippen LogP) is 4.41. The van der Waals surface area contributed by atoms with Crippen molar-refractivity contribution in [3.8, 4) is 11.5 Å². The number of aryl methyl sites for hydroxylation is 1. The Kier molecular flexibility index (Phi) is 5.92. The Hall–Kier alpha value is -1.22. The van der Waals surface area contributed by atoms with Gasteiger partial charge in [0.1, 0.15) is 0 Å². The zero-order chi connectivity index (χ0) is 15.2. The largest absolute Gasteiger partial charge is 0.493 e. The fraction of sp³-hybridized carbons (Fsp3) is 0.667. The molecule has 0 saturated heterocycles. The monoisotopic (exact) mass is 292 g/mol. The second-order valence-corrected chi connectivity index (χ2v) is 6.11. The first-order valence-corrected chi connectivity index (χ1v) is 8.08. The third-order valence-corrected chi connectivity index (χ3v) is 4.69. The Bertz CT molecular complexity index is 448. The SMILES string of the molecule is COc1cc(C)c(C(O)C2CCCCCCC2)cc1OC. The molecule has 3 nitrogen and oxygen atoms in total. The summed E-state index contributed by atoms with van der Waals surface area (Å²) in [7, 11) is 3.28. The molecule has 0 bridgehead atoms. The zero-order valence-corrected chi connectivity index (χ0v) is 13.5. The van der Waals surface area contributed by atoms with Crippen LogP contribution in [0.1, 0.15) is 62.2 Å². The fourth-order valence-corrected chi connectivity index (χ4v) is 3.37. The van der Waals surface area contributed by atoms with Crippen molar-refractivity contribution < 1.29 is 14.6 Å². The summed E-state index contributed by atoms with van der Waals surface area (Å²) in [6.07, 6.45) is 8.25. The summed E-state index contributed by atoms with van der Waals surface area (Å²) in [6.45, 7) is 2.03. The summed E-state index contributed by atoms with van der Waals surface area (Å²) in [5.41, 5.74) is 2.06. The molecule has 1 unspecified atom stereocenters. The van der Waals surface area contributed by atoms with E-state index in [0.717, 1.165) is 29.7 Å². The maximum Gasteiger partial charge on any atom is 0.161 e. The van der Waals surface area contributed by atoms with Crippen LogP contribution >= 0.6 is 0 Å². The third-order valence-electron chi connectivity index (χ3n) is 4.69. The molecule has 1 N–H and O–H groups in total. The molecule has 1 atom stereocenters. The quantitative estimate of drug-likeness (QED) is 0.893. The van der Waals surface area contributed by atoms with E-state index in [1.54, 1.807) is 14.2 Å². The van der Waals surface area contributed by atoms with Crippen molar-refractivity contribution in [3.05, 3.63) is 23.3 Å². The molecule has 1 aliphatic carbocycles. The molecule has 0 aliphatic heterocycles. The van der Waals surface area contributed by atoms with Gasteiger partial charge in [0.25, 0.3) is 0 Å². The minimum absolute atomic E-state index is 0.363. The van der Waals surface area contributed by atoms with Gasteiger partial charge in [0, 0.05) is 0 Å². The van der Waals surface area contributed by atoms with Crippen LogP contribution in [0.15, 0.2) is 12.1 Å². The van der Waals surface area contributed by atoms with Crippen LogP contribution in [0.2, 0.25) is 0 Å². The maximum absolute atomic E-state index is 10.8. The molecule has 118 valence electrons. The summed E-state index contributed by atoms with van der Waals surface area (Å²) < 4.78 is 10.7. The summed E-state index contributed by atoms with van der Waals surface area (Å²) >= 11 is 0. The Morgan fingerprint density at radius 1 is 0.952 bits per heavy atom. The standard InChI is InChI=1S/C18H28O3/c1-13-11-16(20-2)17(21-3)12-15(13)18(19)14-9-7-5-4-6-8-10-14/h11-12,14,18-19H,4-10H2,1-3H3. The number of ether oxygens (including phenoxy) is 2. The molecule has 0 heterocycles. The summed E-state index contributed by atoms with van der Waals surface area (Å²) in [5.74, 6) is 1.79. The molecular formula is C18H28O3. The molecule has 1 aromatic rings. The number of aliphatic hydroxyl groups is 1. The van der Waals surface area contributed by atoms with E-state index in [9.17, 15) is 5.11 Å². The smallest absolute Gasteiger partial charge is 0.161 e. The van der Waals surface area contributed by atoms with E-state index >= 15 is 0 Å². The normalized spacial score (nSPS) is 18.7. The van der Waals surface area contributed by atoms with Gasteiger partial charge in [-0.3, -0.25) is 0 Å². The molecule has 1 saturated carbocycles. The van der Waals surface area contributed by atoms with Gasteiger partial charge in [0.2, 0.25) is 0 Å². The fourth-order valence-electron chi connectivity index (χ4n) is 3.37. The molecular weight excluding hydrogens is 264 g/mol. The van der Waals surface area contributed by atoms with Gasteiger partial charge < -0.3 is 14.6 Å². The van der Waals surface area contributed by atoms with Crippen LogP contribution in [-0.4, -0.2) is 19.3 Å². The molecule has 2 rings (SSSR count). The first kappa shape index (κ1) is 16.2. The average molecular weight is 292 g/mol. The highest BCUT2D eigenvalue weighted by Crippen LogP contribution is 2.38. The van der Waals surface area contributed by atoms with Gasteiger partial charge in [-0.05, 0) is 48.9 Å². The van der Waals surface area contributed by atoms with E-state index in [0.29, 0.717) is 11.7 Å². The second kappa shape index (κ2) is 7.69. The van der Waals surface area contributed by atoms with Gasteiger partial charge >= 0.3 is 0 Å². The van der Waals surface area contributed by atoms with Gasteiger partial charge in [0.05, 0.1) is 20.3 Å². The maximum atomic E-state index is 10.8. The molecule has 21 heavy (non-hydrogen) atoms. The van der Waals surface area contributed by atoms with Crippen LogP contribution in [0.5, 0.6) is 11.5 Å². The lowest BCUT2D eigenvalue weighted by molar-refractivity contribution is 0.0904. The molecule has 1 fully saturated rings. The van der Waals surface area contributed by atoms with Crippen molar-refractivity contribution in [3.63, 3.8) is 0 Å². The van der Waals surface area contributed by atoms with Gasteiger partial charge in [0.15, 0.2) is 11.5 Å². The van der Waals surface area contributed by atoms with Gasteiger partial charge in [-0.15, -0.1) is 0 Å². The lowest BCUT2D eigenvalue weighted by atomic mass is 9.83. The number of hydrogen-bond donors (Lipinski definition) is 1.